The standard InChI is InChI=1S/C16H19N5/c1-16(2,3)11-7-5-10(6-8-11)13-12-9-18-15(17)19-14(12)21(4)20-13/h5-9H,1-4H3,(H2,17,18,19). The zero-order chi connectivity index (χ0) is 15.2. The molecule has 0 saturated carbocycles. The van der Waals surface area contributed by atoms with Crippen LogP contribution in [0.25, 0.3) is 22.3 Å². The van der Waals surface area contributed by atoms with E-state index in [4.69, 9.17) is 5.73 Å². The van der Waals surface area contributed by atoms with E-state index in [1.54, 1.807) is 10.9 Å². The van der Waals surface area contributed by atoms with Crippen molar-refractivity contribution >= 4 is 17.0 Å². The van der Waals surface area contributed by atoms with E-state index >= 15 is 0 Å². The fraction of sp³-hybridized carbons (Fsp3) is 0.312. The number of fused-ring (bicyclic) bond motifs is 1. The molecular formula is C16H19N5. The SMILES string of the molecule is Cn1nc(-c2ccc(C(C)(C)C)cc2)c2cnc(N)nc21. The van der Waals surface area contributed by atoms with E-state index in [1.807, 2.05) is 7.05 Å². The summed E-state index contributed by atoms with van der Waals surface area (Å²) in [5.41, 5.74) is 9.77. The van der Waals surface area contributed by atoms with Crippen LogP contribution in [-0.2, 0) is 12.5 Å². The average Bonchev–Trinajstić information content (AvgIpc) is 2.75. The van der Waals surface area contributed by atoms with Crippen molar-refractivity contribution in [3.05, 3.63) is 36.0 Å². The molecule has 21 heavy (non-hydrogen) atoms. The van der Waals surface area contributed by atoms with Crippen LogP contribution in [0.5, 0.6) is 0 Å². The van der Waals surface area contributed by atoms with E-state index in [2.05, 4.69) is 60.1 Å². The second-order valence-electron chi connectivity index (χ2n) is 6.27. The summed E-state index contributed by atoms with van der Waals surface area (Å²) in [6.07, 6.45) is 1.73. The van der Waals surface area contributed by atoms with Gasteiger partial charge in [0.1, 0.15) is 5.69 Å². The Morgan fingerprint density at radius 1 is 1.10 bits per heavy atom. The van der Waals surface area contributed by atoms with Crippen molar-refractivity contribution < 1.29 is 0 Å². The number of rotatable bonds is 1. The van der Waals surface area contributed by atoms with Gasteiger partial charge in [-0.2, -0.15) is 10.1 Å². The summed E-state index contributed by atoms with van der Waals surface area (Å²) in [7, 11) is 1.86. The minimum absolute atomic E-state index is 0.141. The van der Waals surface area contributed by atoms with Crippen LogP contribution in [0.1, 0.15) is 26.3 Å². The van der Waals surface area contributed by atoms with Crippen LogP contribution in [0, 0.1) is 0 Å². The van der Waals surface area contributed by atoms with E-state index in [9.17, 15) is 0 Å². The first-order valence-electron chi connectivity index (χ1n) is 6.92. The second-order valence-corrected chi connectivity index (χ2v) is 6.27. The highest BCUT2D eigenvalue weighted by atomic mass is 15.3. The molecule has 3 aromatic rings. The highest BCUT2D eigenvalue weighted by Gasteiger charge is 2.16. The summed E-state index contributed by atoms with van der Waals surface area (Å²) in [5.74, 6) is 0.264. The lowest BCUT2D eigenvalue weighted by Gasteiger charge is -2.18. The first kappa shape index (κ1) is 13.5. The molecule has 108 valence electrons. The van der Waals surface area contributed by atoms with Crippen molar-refractivity contribution in [2.45, 2.75) is 26.2 Å². The number of anilines is 1. The number of hydrogen-bond donors (Lipinski definition) is 1. The van der Waals surface area contributed by atoms with Crippen LogP contribution in [-0.4, -0.2) is 19.7 Å². The summed E-state index contributed by atoms with van der Waals surface area (Å²) in [6, 6.07) is 8.49. The van der Waals surface area contributed by atoms with Crippen molar-refractivity contribution in [1.29, 1.82) is 0 Å². The molecule has 5 nitrogen and oxygen atoms in total. The maximum Gasteiger partial charge on any atom is 0.222 e. The first-order valence-corrected chi connectivity index (χ1v) is 6.92. The minimum Gasteiger partial charge on any atom is -0.368 e. The molecule has 0 fully saturated rings. The molecule has 2 heterocycles. The highest BCUT2D eigenvalue weighted by molar-refractivity contribution is 5.91. The molecular weight excluding hydrogens is 262 g/mol. The quantitative estimate of drug-likeness (QED) is 0.744. The molecule has 0 bridgehead atoms. The number of aromatic nitrogens is 4. The Labute approximate surface area is 123 Å². The summed E-state index contributed by atoms with van der Waals surface area (Å²) < 4.78 is 1.74. The molecule has 3 rings (SSSR count). The fourth-order valence-corrected chi connectivity index (χ4v) is 2.39. The van der Waals surface area contributed by atoms with E-state index in [0.717, 1.165) is 22.3 Å². The van der Waals surface area contributed by atoms with Crippen LogP contribution in [0.4, 0.5) is 5.95 Å². The molecule has 0 aliphatic heterocycles. The van der Waals surface area contributed by atoms with Gasteiger partial charge in [-0.1, -0.05) is 45.0 Å². The van der Waals surface area contributed by atoms with Gasteiger partial charge in [-0.3, -0.25) is 0 Å². The maximum absolute atomic E-state index is 5.65. The predicted molar refractivity (Wildman–Crippen MR) is 84.9 cm³/mol. The number of nitrogens with two attached hydrogens (primary N) is 1. The summed E-state index contributed by atoms with van der Waals surface area (Å²) in [5, 5.41) is 5.46. The van der Waals surface area contributed by atoms with Gasteiger partial charge in [0.15, 0.2) is 5.65 Å². The van der Waals surface area contributed by atoms with Gasteiger partial charge in [0.2, 0.25) is 5.95 Å². The van der Waals surface area contributed by atoms with Gasteiger partial charge in [-0.25, -0.2) is 9.67 Å². The Hall–Kier alpha value is -2.43. The molecule has 0 radical (unpaired) electrons. The van der Waals surface area contributed by atoms with Gasteiger partial charge in [-0.05, 0) is 11.0 Å². The van der Waals surface area contributed by atoms with Crippen molar-refractivity contribution in [3.63, 3.8) is 0 Å². The topological polar surface area (TPSA) is 69.6 Å². The third-order valence-corrected chi connectivity index (χ3v) is 3.62. The van der Waals surface area contributed by atoms with E-state index in [-0.39, 0.29) is 11.4 Å². The van der Waals surface area contributed by atoms with Crippen molar-refractivity contribution in [2.24, 2.45) is 7.05 Å². The minimum atomic E-state index is 0.141. The van der Waals surface area contributed by atoms with Gasteiger partial charge in [0.05, 0.1) is 5.39 Å². The van der Waals surface area contributed by atoms with Crippen LogP contribution >= 0.6 is 0 Å². The van der Waals surface area contributed by atoms with Crippen LogP contribution < -0.4 is 5.73 Å². The third kappa shape index (κ3) is 2.35. The lowest BCUT2D eigenvalue weighted by Crippen LogP contribution is -2.10. The van der Waals surface area contributed by atoms with Gasteiger partial charge in [0.25, 0.3) is 0 Å². The van der Waals surface area contributed by atoms with Gasteiger partial charge in [-0.15, -0.1) is 0 Å². The summed E-state index contributed by atoms with van der Waals surface area (Å²) in [6.45, 7) is 6.61. The molecule has 0 spiro atoms. The van der Waals surface area contributed by atoms with Crippen LogP contribution in [0.2, 0.25) is 0 Å². The van der Waals surface area contributed by atoms with E-state index < -0.39 is 0 Å². The lowest BCUT2D eigenvalue weighted by molar-refractivity contribution is 0.590. The molecule has 2 aromatic heterocycles. The average molecular weight is 281 g/mol. The molecule has 1 aromatic carbocycles. The maximum atomic E-state index is 5.65. The number of benzene rings is 1. The largest absolute Gasteiger partial charge is 0.368 e. The molecule has 0 amide bonds. The molecule has 0 unspecified atom stereocenters. The molecule has 0 atom stereocenters. The smallest absolute Gasteiger partial charge is 0.222 e. The van der Waals surface area contributed by atoms with Crippen LogP contribution in [0.3, 0.4) is 0 Å². The lowest BCUT2D eigenvalue weighted by atomic mass is 9.86. The molecule has 0 aliphatic carbocycles. The van der Waals surface area contributed by atoms with E-state index in [1.165, 1.54) is 5.56 Å². The number of nitrogens with zero attached hydrogens (tertiary/aromatic N) is 4. The Bertz CT molecular complexity index is 794. The Morgan fingerprint density at radius 2 is 1.76 bits per heavy atom. The third-order valence-electron chi connectivity index (χ3n) is 3.62. The highest BCUT2D eigenvalue weighted by Crippen LogP contribution is 2.29. The molecule has 0 aliphatic rings. The van der Waals surface area contributed by atoms with Gasteiger partial charge in [0, 0.05) is 18.8 Å². The Kier molecular flexibility index (Phi) is 2.93. The number of aryl methyl sites for hydroxylation is 1. The van der Waals surface area contributed by atoms with Gasteiger partial charge >= 0.3 is 0 Å². The Balaban J connectivity index is 2.13. The zero-order valence-corrected chi connectivity index (χ0v) is 12.8. The summed E-state index contributed by atoms with van der Waals surface area (Å²) >= 11 is 0. The van der Waals surface area contributed by atoms with E-state index in [0.29, 0.717) is 0 Å². The summed E-state index contributed by atoms with van der Waals surface area (Å²) in [4.78, 5) is 8.32. The number of nitrogen functional groups attached to an aromatic ring is 1. The monoisotopic (exact) mass is 281 g/mol. The Morgan fingerprint density at radius 3 is 2.38 bits per heavy atom. The zero-order valence-electron chi connectivity index (χ0n) is 12.8. The van der Waals surface area contributed by atoms with Crippen LogP contribution in [0.15, 0.2) is 30.5 Å². The molecule has 0 saturated heterocycles. The van der Waals surface area contributed by atoms with Crippen molar-refractivity contribution in [2.75, 3.05) is 5.73 Å². The van der Waals surface area contributed by atoms with Gasteiger partial charge < -0.3 is 5.73 Å². The predicted octanol–water partition coefficient (Wildman–Crippen LogP) is 2.91. The number of hydrogen-bond acceptors (Lipinski definition) is 4. The molecule has 5 heteroatoms. The second kappa shape index (κ2) is 4.55. The fourth-order valence-electron chi connectivity index (χ4n) is 2.39. The normalized spacial score (nSPS) is 12.0. The van der Waals surface area contributed by atoms with Crippen molar-refractivity contribution in [1.82, 2.24) is 19.7 Å². The van der Waals surface area contributed by atoms with Crippen molar-refractivity contribution in [3.8, 4) is 11.3 Å². The molecule has 2 N–H and O–H groups in total. The first-order chi connectivity index (χ1) is 9.86.